The number of hydrogen-bond acceptors (Lipinski definition) is 3. The lowest BCUT2D eigenvalue weighted by Crippen LogP contribution is -2.51. The molecule has 6 heteroatoms. The van der Waals surface area contributed by atoms with E-state index in [2.05, 4.69) is 17.6 Å². The van der Waals surface area contributed by atoms with Crippen molar-refractivity contribution in [1.29, 1.82) is 0 Å². The molecule has 0 aromatic heterocycles. The second-order valence-corrected chi connectivity index (χ2v) is 4.38. The minimum atomic E-state index is -0.0281. The predicted molar refractivity (Wildman–Crippen MR) is 62.4 cm³/mol. The number of hydrogen-bond donors (Lipinski definition) is 2. The minimum absolute atomic E-state index is 0. The van der Waals surface area contributed by atoms with Crippen molar-refractivity contribution in [1.82, 2.24) is 15.5 Å². The second-order valence-electron chi connectivity index (χ2n) is 4.38. The summed E-state index contributed by atoms with van der Waals surface area (Å²) in [7, 11) is 0. The highest BCUT2D eigenvalue weighted by Gasteiger charge is 2.34. The molecular weight excluding hydrogens is 230 g/mol. The number of piperazine rings is 1. The van der Waals surface area contributed by atoms with Crippen LogP contribution in [0, 0.1) is 5.92 Å². The third kappa shape index (κ3) is 3.35. The van der Waals surface area contributed by atoms with Gasteiger partial charge < -0.3 is 15.5 Å². The number of carbonyl (C=O) groups is 2. The van der Waals surface area contributed by atoms with Gasteiger partial charge in [0.15, 0.2) is 0 Å². The summed E-state index contributed by atoms with van der Waals surface area (Å²) < 4.78 is 0. The summed E-state index contributed by atoms with van der Waals surface area (Å²) in [6, 6.07) is 0.343. The molecule has 2 rings (SSSR count). The molecule has 2 unspecified atom stereocenters. The molecule has 0 aromatic carbocycles. The first-order valence-corrected chi connectivity index (χ1v) is 5.44. The molecule has 1 saturated carbocycles. The molecule has 0 spiro atoms. The Hall–Kier alpha value is -0.810. The molecule has 16 heavy (non-hydrogen) atoms. The van der Waals surface area contributed by atoms with E-state index in [-0.39, 0.29) is 30.8 Å². The molecule has 2 atom stereocenters. The van der Waals surface area contributed by atoms with Gasteiger partial charge in [-0.2, -0.15) is 0 Å². The minimum Gasteiger partial charge on any atom is -0.352 e. The first-order valence-electron chi connectivity index (χ1n) is 5.44. The number of carbonyl (C=O) groups excluding carboxylic acids is 2. The van der Waals surface area contributed by atoms with E-state index in [0.29, 0.717) is 25.0 Å². The normalized spacial score (nSPS) is 28.3. The van der Waals surface area contributed by atoms with Gasteiger partial charge in [-0.3, -0.25) is 9.59 Å². The Kier molecular flexibility index (Phi) is 4.56. The van der Waals surface area contributed by atoms with E-state index in [0.717, 1.165) is 13.0 Å². The summed E-state index contributed by atoms with van der Waals surface area (Å²) in [5.74, 6) is 0.590. The van der Waals surface area contributed by atoms with E-state index < -0.39 is 0 Å². The maximum atomic E-state index is 11.5. The van der Waals surface area contributed by atoms with Gasteiger partial charge in [0.25, 0.3) is 0 Å². The van der Waals surface area contributed by atoms with Crippen LogP contribution in [0.3, 0.4) is 0 Å². The fourth-order valence-corrected chi connectivity index (χ4v) is 1.76. The zero-order valence-electron chi connectivity index (χ0n) is 9.36. The lowest BCUT2D eigenvalue weighted by molar-refractivity contribution is -0.136. The highest BCUT2D eigenvalue weighted by Crippen LogP contribution is 2.28. The number of amides is 2. The highest BCUT2D eigenvalue weighted by molar-refractivity contribution is 5.86. The molecule has 1 aliphatic carbocycles. The van der Waals surface area contributed by atoms with Gasteiger partial charge in [0, 0.05) is 19.1 Å². The van der Waals surface area contributed by atoms with Gasteiger partial charge in [-0.1, -0.05) is 6.92 Å². The fraction of sp³-hybridized carbons (Fsp3) is 0.800. The monoisotopic (exact) mass is 247 g/mol. The molecule has 1 saturated heterocycles. The molecule has 2 N–H and O–H groups in total. The quantitative estimate of drug-likeness (QED) is 0.698. The van der Waals surface area contributed by atoms with Crippen LogP contribution in [0.1, 0.15) is 13.3 Å². The average molecular weight is 248 g/mol. The van der Waals surface area contributed by atoms with Crippen LogP contribution in [0.15, 0.2) is 0 Å². The van der Waals surface area contributed by atoms with E-state index in [1.807, 2.05) is 0 Å². The smallest absolute Gasteiger partial charge is 0.239 e. The van der Waals surface area contributed by atoms with Crippen molar-refractivity contribution in [2.75, 3.05) is 26.2 Å². The number of nitrogens with one attached hydrogen (secondary N) is 2. The molecule has 2 aliphatic rings. The van der Waals surface area contributed by atoms with E-state index in [1.54, 1.807) is 4.90 Å². The molecule has 0 aromatic rings. The van der Waals surface area contributed by atoms with E-state index in [9.17, 15) is 9.59 Å². The molecule has 1 heterocycles. The van der Waals surface area contributed by atoms with Crippen molar-refractivity contribution < 1.29 is 9.59 Å². The summed E-state index contributed by atoms with van der Waals surface area (Å²) >= 11 is 0. The van der Waals surface area contributed by atoms with Gasteiger partial charge in [-0.25, -0.2) is 0 Å². The molecule has 1 aliphatic heterocycles. The number of rotatable bonds is 3. The van der Waals surface area contributed by atoms with Crippen LogP contribution in [0.5, 0.6) is 0 Å². The van der Waals surface area contributed by atoms with Crippen molar-refractivity contribution in [3.8, 4) is 0 Å². The summed E-state index contributed by atoms with van der Waals surface area (Å²) in [5.41, 5.74) is 0. The first-order chi connectivity index (χ1) is 7.16. The zero-order chi connectivity index (χ0) is 10.8. The molecule has 5 nitrogen and oxygen atoms in total. The average Bonchev–Trinajstić information content (AvgIpc) is 2.86. The largest absolute Gasteiger partial charge is 0.352 e. The zero-order valence-corrected chi connectivity index (χ0v) is 10.2. The molecule has 2 amide bonds. The van der Waals surface area contributed by atoms with Crippen LogP contribution in [-0.4, -0.2) is 48.9 Å². The Morgan fingerprint density at radius 3 is 2.88 bits per heavy atom. The van der Waals surface area contributed by atoms with Crippen molar-refractivity contribution in [2.45, 2.75) is 19.4 Å². The SMILES string of the molecule is CC1CC1NC(=O)CN1CCNCC1=O.Cl. The Bertz CT molecular complexity index is 285. The van der Waals surface area contributed by atoms with Crippen molar-refractivity contribution >= 4 is 24.2 Å². The van der Waals surface area contributed by atoms with Crippen molar-refractivity contribution in [3.05, 3.63) is 0 Å². The van der Waals surface area contributed by atoms with Crippen molar-refractivity contribution in [3.63, 3.8) is 0 Å². The van der Waals surface area contributed by atoms with Crippen LogP contribution in [-0.2, 0) is 9.59 Å². The highest BCUT2D eigenvalue weighted by atomic mass is 35.5. The number of nitrogens with zero attached hydrogens (tertiary/aromatic N) is 1. The second kappa shape index (κ2) is 5.50. The van der Waals surface area contributed by atoms with Crippen LogP contribution in [0.2, 0.25) is 0 Å². The van der Waals surface area contributed by atoms with Gasteiger partial charge in [0.1, 0.15) is 0 Å². The molecule has 0 radical (unpaired) electrons. The summed E-state index contributed by atoms with van der Waals surface area (Å²) in [5, 5.41) is 5.89. The van der Waals surface area contributed by atoms with E-state index in [1.165, 1.54) is 0 Å². The van der Waals surface area contributed by atoms with E-state index >= 15 is 0 Å². The fourth-order valence-electron chi connectivity index (χ4n) is 1.76. The maximum Gasteiger partial charge on any atom is 0.239 e. The molecule has 92 valence electrons. The van der Waals surface area contributed by atoms with Gasteiger partial charge in [0.2, 0.25) is 11.8 Å². The van der Waals surface area contributed by atoms with Crippen LogP contribution >= 0.6 is 12.4 Å². The molecule has 0 bridgehead atoms. The van der Waals surface area contributed by atoms with Crippen LogP contribution in [0.25, 0.3) is 0 Å². The third-order valence-electron chi connectivity index (χ3n) is 2.98. The van der Waals surface area contributed by atoms with Crippen LogP contribution < -0.4 is 10.6 Å². The number of halogens is 1. The van der Waals surface area contributed by atoms with Crippen LogP contribution in [0.4, 0.5) is 0 Å². The van der Waals surface area contributed by atoms with Crippen molar-refractivity contribution in [2.24, 2.45) is 5.92 Å². The topological polar surface area (TPSA) is 61.4 Å². The lowest BCUT2D eigenvalue weighted by Gasteiger charge is -2.26. The summed E-state index contributed by atoms with van der Waals surface area (Å²) in [6.07, 6.45) is 1.07. The van der Waals surface area contributed by atoms with E-state index in [4.69, 9.17) is 0 Å². The van der Waals surface area contributed by atoms with Gasteiger partial charge in [-0.15, -0.1) is 12.4 Å². The van der Waals surface area contributed by atoms with Gasteiger partial charge in [-0.05, 0) is 12.3 Å². The Balaban J connectivity index is 0.00000128. The van der Waals surface area contributed by atoms with Gasteiger partial charge >= 0.3 is 0 Å². The maximum absolute atomic E-state index is 11.5. The lowest BCUT2D eigenvalue weighted by atomic mass is 10.3. The first kappa shape index (κ1) is 13.3. The Morgan fingerprint density at radius 2 is 2.31 bits per heavy atom. The Morgan fingerprint density at radius 1 is 1.62 bits per heavy atom. The summed E-state index contributed by atoms with van der Waals surface area (Å²) in [6.45, 7) is 4.09. The standard InChI is InChI=1S/C10H17N3O2.ClH/c1-7-4-8(7)12-9(14)6-13-3-2-11-5-10(13)15;/h7-8,11H,2-6H2,1H3,(H,12,14);1H. The molecule has 2 fully saturated rings. The predicted octanol–water partition coefficient (Wildman–Crippen LogP) is -0.635. The third-order valence-corrected chi connectivity index (χ3v) is 2.98. The summed E-state index contributed by atoms with van der Waals surface area (Å²) in [4.78, 5) is 24.5. The van der Waals surface area contributed by atoms with Gasteiger partial charge in [0.05, 0.1) is 13.1 Å². The Labute approximate surface area is 101 Å². The molecular formula is C10H18ClN3O2.